The van der Waals surface area contributed by atoms with Gasteiger partial charge in [0.25, 0.3) is 0 Å². The highest BCUT2D eigenvalue weighted by Gasteiger charge is 2.12. The lowest BCUT2D eigenvalue weighted by atomic mass is 10.0. The van der Waals surface area contributed by atoms with Gasteiger partial charge in [-0.25, -0.2) is 0 Å². The fraction of sp³-hybridized carbons (Fsp3) is 0.294. The van der Waals surface area contributed by atoms with Gasteiger partial charge in [-0.1, -0.05) is 12.1 Å². The summed E-state index contributed by atoms with van der Waals surface area (Å²) in [6.45, 7) is 6.22. The summed E-state index contributed by atoms with van der Waals surface area (Å²) >= 11 is 0. The van der Waals surface area contributed by atoms with Crippen molar-refractivity contribution in [1.29, 1.82) is 0 Å². The molecule has 0 fully saturated rings. The standard InChI is InChI=1S/C17H21NO2/c1-11-6-5-7-16(12(11)2)18-13(3)15-9-8-14(20-4)10-17(15)19/h5-10,13,18-19H,1-4H3. The third-order valence-electron chi connectivity index (χ3n) is 3.68. The van der Waals surface area contributed by atoms with Crippen molar-refractivity contribution in [3.8, 4) is 11.5 Å². The van der Waals surface area contributed by atoms with Crippen LogP contribution in [0, 0.1) is 13.8 Å². The van der Waals surface area contributed by atoms with Crippen molar-refractivity contribution in [2.75, 3.05) is 12.4 Å². The van der Waals surface area contributed by atoms with E-state index in [0.29, 0.717) is 5.75 Å². The van der Waals surface area contributed by atoms with E-state index < -0.39 is 0 Å². The van der Waals surface area contributed by atoms with Gasteiger partial charge in [0.15, 0.2) is 0 Å². The first-order valence-corrected chi connectivity index (χ1v) is 6.72. The molecule has 0 aliphatic rings. The molecule has 2 aromatic carbocycles. The minimum atomic E-state index is 0.0152. The van der Waals surface area contributed by atoms with Gasteiger partial charge >= 0.3 is 0 Å². The third-order valence-corrected chi connectivity index (χ3v) is 3.68. The number of benzene rings is 2. The Hall–Kier alpha value is -2.16. The van der Waals surface area contributed by atoms with E-state index in [2.05, 4.69) is 31.3 Å². The summed E-state index contributed by atoms with van der Waals surface area (Å²) in [4.78, 5) is 0. The lowest BCUT2D eigenvalue weighted by molar-refractivity contribution is 0.406. The van der Waals surface area contributed by atoms with Crippen LogP contribution >= 0.6 is 0 Å². The number of hydrogen-bond donors (Lipinski definition) is 2. The number of aryl methyl sites for hydroxylation is 1. The average Bonchev–Trinajstić information content (AvgIpc) is 2.43. The minimum absolute atomic E-state index is 0.0152. The number of phenols is 1. The van der Waals surface area contributed by atoms with Crippen LogP contribution in [-0.4, -0.2) is 12.2 Å². The maximum absolute atomic E-state index is 10.1. The first-order chi connectivity index (χ1) is 9.52. The minimum Gasteiger partial charge on any atom is -0.507 e. The van der Waals surface area contributed by atoms with Crippen LogP contribution in [0.5, 0.6) is 11.5 Å². The summed E-state index contributed by atoms with van der Waals surface area (Å²) in [5.41, 5.74) is 4.42. The molecule has 0 aliphatic heterocycles. The zero-order chi connectivity index (χ0) is 14.7. The molecule has 0 saturated carbocycles. The van der Waals surface area contributed by atoms with Gasteiger partial charge in [-0.15, -0.1) is 0 Å². The molecule has 20 heavy (non-hydrogen) atoms. The molecule has 2 N–H and O–H groups in total. The van der Waals surface area contributed by atoms with Crippen LogP contribution in [0.15, 0.2) is 36.4 Å². The largest absolute Gasteiger partial charge is 0.507 e. The van der Waals surface area contributed by atoms with Crippen LogP contribution in [-0.2, 0) is 0 Å². The number of ether oxygens (including phenoxy) is 1. The molecular weight excluding hydrogens is 250 g/mol. The highest BCUT2D eigenvalue weighted by atomic mass is 16.5. The maximum Gasteiger partial charge on any atom is 0.124 e. The number of phenolic OH excluding ortho intramolecular Hbond substituents is 1. The lowest BCUT2D eigenvalue weighted by Crippen LogP contribution is -2.08. The van der Waals surface area contributed by atoms with E-state index in [0.717, 1.165) is 11.3 Å². The van der Waals surface area contributed by atoms with E-state index >= 15 is 0 Å². The topological polar surface area (TPSA) is 41.5 Å². The number of methoxy groups -OCH3 is 1. The molecule has 1 unspecified atom stereocenters. The Bertz CT molecular complexity index is 608. The molecule has 0 aliphatic carbocycles. The van der Waals surface area contributed by atoms with E-state index in [1.54, 1.807) is 13.2 Å². The smallest absolute Gasteiger partial charge is 0.124 e. The van der Waals surface area contributed by atoms with Gasteiger partial charge in [0.05, 0.1) is 13.2 Å². The predicted molar refractivity (Wildman–Crippen MR) is 82.6 cm³/mol. The second kappa shape index (κ2) is 5.87. The summed E-state index contributed by atoms with van der Waals surface area (Å²) in [5, 5.41) is 13.5. The van der Waals surface area contributed by atoms with Gasteiger partial charge in [-0.3, -0.25) is 0 Å². The Kier molecular flexibility index (Phi) is 4.18. The van der Waals surface area contributed by atoms with Crippen LogP contribution in [0.1, 0.15) is 29.7 Å². The van der Waals surface area contributed by atoms with Gasteiger partial charge in [-0.05, 0) is 50.1 Å². The van der Waals surface area contributed by atoms with Gasteiger partial charge in [0.1, 0.15) is 11.5 Å². The number of hydrogen-bond acceptors (Lipinski definition) is 3. The molecule has 2 rings (SSSR count). The van der Waals surface area contributed by atoms with Gasteiger partial charge in [0.2, 0.25) is 0 Å². The summed E-state index contributed by atoms with van der Waals surface area (Å²) < 4.78 is 5.10. The van der Waals surface area contributed by atoms with Crippen molar-refractivity contribution in [1.82, 2.24) is 0 Å². The molecular formula is C17H21NO2. The number of aromatic hydroxyl groups is 1. The first kappa shape index (κ1) is 14.3. The molecule has 106 valence electrons. The van der Waals surface area contributed by atoms with Crippen LogP contribution in [0.4, 0.5) is 5.69 Å². The molecule has 0 amide bonds. The Morgan fingerprint density at radius 3 is 2.55 bits per heavy atom. The molecule has 1 atom stereocenters. The molecule has 0 spiro atoms. The molecule has 0 bridgehead atoms. The normalized spacial score (nSPS) is 12.0. The van der Waals surface area contributed by atoms with Crippen molar-refractivity contribution in [3.63, 3.8) is 0 Å². The van der Waals surface area contributed by atoms with Gasteiger partial charge < -0.3 is 15.2 Å². The number of nitrogens with one attached hydrogen (secondary N) is 1. The molecule has 0 saturated heterocycles. The SMILES string of the molecule is COc1ccc(C(C)Nc2cccc(C)c2C)c(O)c1. The second-order valence-electron chi connectivity index (χ2n) is 5.04. The van der Waals surface area contributed by atoms with Crippen LogP contribution in [0.3, 0.4) is 0 Å². The molecule has 0 aromatic heterocycles. The van der Waals surface area contributed by atoms with E-state index in [4.69, 9.17) is 4.74 Å². The lowest BCUT2D eigenvalue weighted by Gasteiger charge is -2.19. The fourth-order valence-electron chi connectivity index (χ4n) is 2.24. The molecule has 0 heterocycles. The van der Waals surface area contributed by atoms with Crippen molar-refractivity contribution >= 4 is 5.69 Å². The summed E-state index contributed by atoms with van der Waals surface area (Å²) in [6, 6.07) is 11.6. The van der Waals surface area contributed by atoms with E-state index in [-0.39, 0.29) is 11.8 Å². The summed E-state index contributed by atoms with van der Waals surface area (Å²) in [6.07, 6.45) is 0. The fourth-order valence-corrected chi connectivity index (χ4v) is 2.24. The van der Waals surface area contributed by atoms with Crippen molar-refractivity contribution in [2.45, 2.75) is 26.8 Å². The Balaban J connectivity index is 2.24. The Morgan fingerprint density at radius 1 is 1.15 bits per heavy atom. The molecule has 2 aromatic rings. The Morgan fingerprint density at radius 2 is 1.90 bits per heavy atom. The summed E-state index contributed by atoms with van der Waals surface area (Å²) in [7, 11) is 1.59. The van der Waals surface area contributed by atoms with Crippen molar-refractivity contribution in [2.24, 2.45) is 0 Å². The predicted octanol–water partition coefficient (Wildman–Crippen LogP) is 4.19. The Labute approximate surface area is 120 Å². The maximum atomic E-state index is 10.1. The molecule has 3 nitrogen and oxygen atoms in total. The number of rotatable bonds is 4. The highest BCUT2D eigenvalue weighted by molar-refractivity contribution is 5.56. The van der Waals surface area contributed by atoms with E-state index in [1.807, 2.05) is 25.1 Å². The first-order valence-electron chi connectivity index (χ1n) is 6.72. The second-order valence-corrected chi connectivity index (χ2v) is 5.04. The monoisotopic (exact) mass is 271 g/mol. The zero-order valence-electron chi connectivity index (χ0n) is 12.4. The quantitative estimate of drug-likeness (QED) is 0.876. The molecule has 0 radical (unpaired) electrons. The zero-order valence-corrected chi connectivity index (χ0v) is 12.4. The van der Waals surface area contributed by atoms with E-state index in [1.165, 1.54) is 11.1 Å². The highest BCUT2D eigenvalue weighted by Crippen LogP contribution is 2.31. The van der Waals surface area contributed by atoms with Crippen LogP contribution in [0.2, 0.25) is 0 Å². The van der Waals surface area contributed by atoms with Crippen LogP contribution in [0.25, 0.3) is 0 Å². The van der Waals surface area contributed by atoms with Crippen molar-refractivity contribution in [3.05, 3.63) is 53.1 Å². The average molecular weight is 271 g/mol. The van der Waals surface area contributed by atoms with Crippen molar-refractivity contribution < 1.29 is 9.84 Å². The van der Waals surface area contributed by atoms with Gasteiger partial charge in [0, 0.05) is 17.3 Å². The van der Waals surface area contributed by atoms with E-state index in [9.17, 15) is 5.11 Å². The summed E-state index contributed by atoms with van der Waals surface area (Å²) in [5.74, 6) is 0.903. The number of anilines is 1. The van der Waals surface area contributed by atoms with Gasteiger partial charge in [-0.2, -0.15) is 0 Å². The van der Waals surface area contributed by atoms with Crippen LogP contribution < -0.4 is 10.1 Å². The third kappa shape index (κ3) is 2.87. The molecule has 3 heteroatoms.